The molecule has 8 aromatic carbocycles. The second-order valence-electron chi connectivity index (χ2n) is 18.3. The Balaban J connectivity index is 1.17. The van der Waals surface area contributed by atoms with Crippen LogP contribution in [-0.2, 0) is 16.2 Å². The fourth-order valence-corrected chi connectivity index (χ4v) is 11.7. The van der Waals surface area contributed by atoms with Gasteiger partial charge in [0.05, 0.1) is 11.4 Å². The van der Waals surface area contributed by atoms with E-state index in [1.165, 1.54) is 106 Å². The van der Waals surface area contributed by atoms with Crippen molar-refractivity contribution in [3.8, 4) is 55.6 Å². The molecule has 0 saturated heterocycles. The molecule has 0 aliphatic heterocycles. The molecule has 0 atom stereocenters. The van der Waals surface area contributed by atoms with Crippen molar-refractivity contribution in [3.05, 3.63) is 209 Å². The van der Waals surface area contributed by atoms with Gasteiger partial charge in [-0.2, -0.15) is 0 Å². The summed E-state index contributed by atoms with van der Waals surface area (Å²) in [4.78, 5) is 2.57. The van der Waals surface area contributed by atoms with Crippen LogP contribution < -0.4 is 4.90 Å². The number of nitrogens with zero attached hydrogens (tertiary/aromatic N) is 1. The number of hydrogen-bond acceptors (Lipinski definition) is 1. The van der Waals surface area contributed by atoms with Crippen LogP contribution in [0.1, 0.15) is 87.8 Å². The van der Waals surface area contributed by atoms with E-state index in [0.717, 1.165) is 12.8 Å². The molecule has 0 heterocycles. The predicted octanol–water partition coefficient (Wildman–Crippen LogP) is 16.2. The standard InChI is InChI=1S/C59H51N/c1-7-59(8-2)50-28-16-10-22-42(50)44-35-33-39(37-53(44)59)60(54-30-17-12-20-40(54)38-32-34-43-41-21-9-14-26-48(41)58(5,6)52(43)36-38)55-31-18-13-23-45(55)46-25-19-29-51-56(46)47-24-11-15-27-49(47)57(51,3)4/h9-37H,7-8H2,1-6H3. The van der Waals surface area contributed by atoms with Gasteiger partial charge in [-0.1, -0.05) is 187 Å². The highest BCUT2D eigenvalue weighted by molar-refractivity contribution is 6.00. The lowest BCUT2D eigenvalue weighted by Crippen LogP contribution is -2.23. The van der Waals surface area contributed by atoms with Crippen LogP contribution in [0.5, 0.6) is 0 Å². The van der Waals surface area contributed by atoms with Crippen molar-refractivity contribution in [3.63, 3.8) is 0 Å². The SMILES string of the molecule is CCC1(CC)c2ccccc2-c2ccc(N(c3ccccc3-c3ccc4c(c3)C(C)(C)c3ccccc3-4)c3ccccc3-c3cccc4c3-c3ccccc3C4(C)C)cc21. The summed E-state index contributed by atoms with van der Waals surface area (Å²) in [6.45, 7) is 14.2. The van der Waals surface area contributed by atoms with E-state index in [-0.39, 0.29) is 16.2 Å². The lowest BCUT2D eigenvalue weighted by molar-refractivity contribution is 0.490. The van der Waals surface area contributed by atoms with Gasteiger partial charge < -0.3 is 4.90 Å². The van der Waals surface area contributed by atoms with Gasteiger partial charge in [0.15, 0.2) is 0 Å². The molecule has 0 aromatic heterocycles. The molecule has 0 bridgehead atoms. The summed E-state index contributed by atoms with van der Waals surface area (Å²) in [5, 5.41) is 0. The molecule has 1 nitrogen and oxygen atoms in total. The van der Waals surface area contributed by atoms with E-state index in [1.54, 1.807) is 0 Å². The normalized spacial score (nSPS) is 15.4. The first-order valence-corrected chi connectivity index (χ1v) is 21.9. The van der Waals surface area contributed by atoms with Gasteiger partial charge in [0, 0.05) is 33.1 Å². The zero-order valence-corrected chi connectivity index (χ0v) is 35.6. The Labute approximate surface area is 356 Å². The van der Waals surface area contributed by atoms with Crippen molar-refractivity contribution in [1.82, 2.24) is 0 Å². The lowest BCUT2D eigenvalue weighted by atomic mass is 9.74. The predicted molar refractivity (Wildman–Crippen MR) is 254 cm³/mol. The van der Waals surface area contributed by atoms with Crippen molar-refractivity contribution in [2.75, 3.05) is 4.90 Å². The van der Waals surface area contributed by atoms with Gasteiger partial charge in [0.2, 0.25) is 0 Å². The quantitative estimate of drug-likeness (QED) is 0.156. The molecule has 0 N–H and O–H groups in total. The van der Waals surface area contributed by atoms with Crippen LogP contribution in [0.2, 0.25) is 0 Å². The maximum Gasteiger partial charge on any atom is 0.0540 e. The third kappa shape index (κ3) is 4.99. The van der Waals surface area contributed by atoms with Crippen LogP contribution in [-0.4, -0.2) is 0 Å². The first kappa shape index (κ1) is 36.6. The molecule has 1 heteroatoms. The second-order valence-corrected chi connectivity index (χ2v) is 18.3. The summed E-state index contributed by atoms with van der Waals surface area (Å²) in [5.41, 5.74) is 24.8. The third-order valence-electron chi connectivity index (χ3n) is 14.8. The number of anilines is 3. The Morgan fingerprint density at radius 3 is 1.52 bits per heavy atom. The van der Waals surface area contributed by atoms with E-state index >= 15 is 0 Å². The number of para-hydroxylation sites is 2. The number of hydrogen-bond donors (Lipinski definition) is 0. The largest absolute Gasteiger partial charge is 0.309 e. The Kier molecular flexibility index (Phi) is 8.11. The van der Waals surface area contributed by atoms with Crippen molar-refractivity contribution < 1.29 is 0 Å². The maximum absolute atomic E-state index is 2.57. The van der Waals surface area contributed by atoms with E-state index in [1.807, 2.05) is 0 Å². The number of rotatable bonds is 7. The molecule has 11 rings (SSSR count). The van der Waals surface area contributed by atoms with Crippen molar-refractivity contribution >= 4 is 17.1 Å². The van der Waals surface area contributed by atoms with Crippen molar-refractivity contribution in [2.24, 2.45) is 0 Å². The molecule has 8 aromatic rings. The van der Waals surface area contributed by atoms with E-state index in [4.69, 9.17) is 0 Å². The highest BCUT2D eigenvalue weighted by Gasteiger charge is 2.42. The molecule has 3 aliphatic rings. The summed E-state index contributed by atoms with van der Waals surface area (Å²) in [6.07, 6.45) is 2.09. The van der Waals surface area contributed by atoms with Gasteiger partial charge in [0.25, 0.3) is 0 Å². The van der Waals surface area contributed by atoms with Crippen molar-refractivity contribution in [1.29, 1.82) is 0 Å². The second kappa shape index (κ2) is 13.3. The Morgan fingerprint density at radius 1 is 0.350 bits per heavy atom. The minimum atomic E-state index is -0.0977. The number of fused-ring (bicyclic) bond motifs is 9. The highest BCUT2D eigenvalue weighted by atomic mass is 15.1. The maximum atomic E-state index is 2.57. The minimum Gasteiger partial charge on any atom is -0.309 e. The topological polar surface area (TPSA) is 3.24 Å². The molecule has 0 saturated carbocycles. The monoisotopic (exact) mass is 773 g/mol. The average Bonchev–Trinajstić information content (AvgIpc) is 3.81. The van der Waals surface area contributed by atoms with Crippen LogP contribution >= 0.6 is 0 Å². The molecule has 0 amide bonds. The van der Waals surface area contributed by atoms with Gasteiger partial charge in [-0.3, -0.25) is 0 Å². The van der Waals surface area contributed by atoms with E-state index in [0.29, 0.717) is 0 Å². The van der Waals surface area contributed by atoms with Crippen LogP contribution in [0.25, 0.3) is 55.6 Å². The summed E-state index contributed by atoms with van der Waals surface area (Å²) >= 11 is 0. The molecular weight excluding hydrogens is 723 g/mol. The third-order valence-corrected chi connectivity index (χ3v) is 14.8. The zero-order chi connectivity index (χ0) is 41.0. The van der Waals surface area contributed by atoms with E-state index < -0.39 is 0 Å². The molecule has 292 valence electrons. The average molecular weight is 774 g/mol. The molecule has 0 unspecified atom stereocenters. The fraction of sp³-hybridized carbons (Fsp3) is 0.186. The van der Waals surface area contributed by atoms with Crippen LogP contribution in [0.4, 0.5) is 17.1 Å². The Morgan fingerprint density at radius 2 is 0.817 bits per heavy atom. The van der Waals surface area contributed by atoms with Crippen molar-refractivity contribution in [2.45, 2.75) is 70.6 Å². The van der Waals surface area contributed by atoms with Crippen LogP contribution in [0, 0.1) is 0 Å². The molecule has 0 fully saturated rings. The van der Waals surface area contributed by atoms with Crippen LogP contribution in [0.3, 0.4) is 0 Å². The van der Waals surface area contributed by atoms with Gasteiger partial charge in [-0.05, 0) is 121 Å². The fourth-order valence-electron chi connectivity index (χ4n) is 11.7. The first-order chi connectivity index (χ1) is 29.2. The zero-order valence-electron chi connectivity index (χ0n) is 35.6. The Bertz CT molecular complexity index is 3030. The van der Waals surface area contributed by atoms with E-state index in [9.17, 15) is 0 Å². The highest BCUT2D eigenvalue weighted by Crippen LogP contribution is 2.57. The summed E-state index contributed by atoms with van der Waals surface area (Å²) in [5.74, 6) is 0. The molecule has 3 aliphatic carbocycles. The molecule has 0 spiro atoms. The Hall–Kier alpha value is -6.44. The smallest absolute Gasteiger partial charge is 0.0540 e. The first-order valence-electron chi connectivity index (χ1n) is 21.9. The summed E-state index contributed by atoms with van der Waals surface area (Å²) < 4.78 is 0. The van der Waals surface area contributed by atoms with Gasteiger partial charge in [-0.15, -0.1) is 0 Å². The summed E-state index contributed by atoms with van der Waals surface area (Å²) in [7, 11) is 0. The molecule has 60 heavy (non-hydrogen) atoms. The number of benzene rings is 8. The van der Waals surface area contributed by atoms with Gasteiger partial charge >= 0.3 is 0 Å². The molecule has 0 radical (unpaired) electrons. The summed E-state index contributed by atoms with van der Waals surface area (Å²) in [6, 6.07) is 66.7. The minimum absolute atomic E-state index is 0.0528. The van der Waals surface area contributed by atoms with Crippen LogP contribution in [0.15, 0.2) is 176 Å². The lowest BCUT2D eigenvalue weighted by Gasteiger charge is -2.33. The van der Waals surface area contributed by atoms with E-state index in [2.05, 4.69) is 222 Å². The van der Waals surface area contributed by atoms with Gasteiger partial charge in [-0.25, -0.2) is 0 Å². The molecular formula is C59H51N. The van der Waals surface area contributed by atoms with Gasteiger partial charge in [0.1, 0.15) is 0 Å².